The van der Waals surface area contributed by atoms with E-state index in [-0.39, 0.29) is 22.9 Å². The maximum atomic E-state index is 15.6. The molecule has 6 rings (SSSR count). The zero-order chi connectivity index (χ0) is 30.5. The van der Waals surface area contributed by atoms with Gasteiger partial charge in [0.05, 0.1) is 29.3 Å². The van der Waals surface area contributed by atoms with Crippen LogP contribution in [-0.2, 0) is 25.6 Å². The van der Waals surface area contributed by atoms with E-state index in [0.717, 1.165) is 31.2 Å². The van der Waals surface area contributed by atoms with E-state index >= 15 is 8.78 Å². The number of ether oxygens (including phenoxy) is 1. The van der Waals surface area contributed by atoms with Gasteiger partial charge in [0.15, 0.2) is 11.6 Å². The van der Waals surface area contributed by atoms with Crippen molar-refractivity contribution in [2.45, 2.75) is 43.6 Å². The van der Waals surface area contributed by atoms with Crippen LogP contribution >= 0.6 is 11.8 Å². The van der Waals surface area contributed by atoms with Crippen LogP contribution in [0.3, 0.4) is 0 Å². The maximum Gasteiger partial charge on any atom is 0.416 e. The predicted molar refractivity (Wildman–Crippen MR) is 157 cm³/mol. The Morgan fingerprint density at radius 3 is 2.47 bits per heavy atom. The van der Waals surface area contributed by atoms with Crippen molar-refractivity contribution < 1.29 is 26.7 Å². The van der Waals surface area contributed by atoms with E-state index in [1.54, 1.807) is 17.6 Å². The number of aromatic nitrogens is 1. The van der Waals surface area contributed by atoms with Crippen LogP contribution in [-0.4, -0.2) is 35.4 Å². The lowest BCUT2D eigenvalue weighted by molar-refractivity contribution is -0.138. The molecular weight excluding hydrogens is 583 g/mol. The minimum absolute atomic E-state index is 0.00877. The van der Waals surface area contributed by atoms with Gasteiger partial charge in [0.2, 0.25) is 0 Å². The van der Waals surface area contributed by atoms with E-state index in [1.807, 2.05) is 12.1 Å². The highest BCUT2D eigenvalue weighted by molar-refractivity contribution is 7.99. The number of benzene rings is 3. The van der Waals surface area contributed by atoms with Crippen molar-refractivity contribution in [2.24, 2.45) is 0 Å². The number of hydrogen-bond acceptors (Lipinski definition) is 4. The summed E-state index contributed by atoms with van der Waals surface area (Å²) in [5, 5.41) is 0.494. The number of fused-ring (bicyclic) bond motifs is 2. The molecule has 0 aliphatic carbocycles. The Hall–Kier alpha value is -3.63. The predicted octanol–water partition coefficient (Wildman–Crippen LogP) is 7.43. The number of thioether (sulfide) groups is 1. The minimum atomic E-state index is -4.78. The summed E-state index contributed by atoms with van der Waals surface area (Å²) < 4.78 is 79.4. The number of nitrogens with zero attached hydrogens (tertiary/aromatic N) is 2. The molecule has 43 heavy (non-hydrogen) atoms. The maximum absolute atomic E-state index is 15.6. The molecule has 4 aromatic rings. The van der Waals surface area contributed by atoms with Gasteiger partial charge in [0.1, 0.15) is 5.82 Å². The molecule has 0 bridgehead atoms. The Balaban J connectivity index is 1.50. The summed E-state index contributed by atoms with van der Waals surface area (Å²) in [6, 6.07) is 15.2. The van der Waals surface area contributed by atoms with Gasteiger partial charge in [0, 0.05) is 42.9 Å². The van der Waals surface area contributed by atoms with Gasteiger partial charge in [-0.25, -0.2) is 8.78 Å². The lowest BCUT2D eigenvalue weighted by Gasteiger charge is -2.31. The second-order valence-electron chi connectivity index (χ2n) is 10.9. The fraction of sp³-hybridized carbons (Fsp3) is 0.303. The molecule has 0 radical (unpaired) electrons. The Morgan fingerprint density at radius 2 is 1.72 bits per heavy atom. The second-order valence-corrected chi connectivity index (χ2v) is 11.9. The zero-order valence-electron chi connectivity index (χ0n) is 23.6. The number of halogens is 5. The van der Waals surface area contributed by atoms with Crippen LogP contribution in [0.4, 0.5) is 22.0 Å². The molecule has 1 aromatic heterocycles. The number of hydrogen-bond donors (Lipinski definition) is 0. The summed E-state index contributed by atoms with van der Waals surface area (Å²) in [6.45, 7) is 3.63. The minimum Gasteiger partial charge on any atom is -0.494 e. The van der Waals surface area contributed by atoms with Crippen molar-refractivity contribution in [3.05, 3.63) is 116 Å². The third-order valence-corrected chi connectivity index (χ3v) is 9.69. The van der Waals surface area contributed by atoms with Crippen LogP contribution in [0.2, 0.25) is 0 Å². The molecule has 0 amide bonds. The van der Waals surface area contributed by atoms with Gasteiger partial charge >= 0.3 is 6.18 Å². The van der Waals surface area contributed by atoms with Gasteiger partial charge in [-0.2, -0.15) is 13.2 Å². The first-order chi connectivity index (χ1) is 20.6. The Morgan fingerprint density at radius 1 is 0.977 bits per heavy atom. The number of alkyl halides is 3. The van der Waals surface area contributed by atoms with Crippen molar-refractivity contribution in [1.82, 2.24) is 9.47 Å². The lowest BCUT2D eigenvalue weighted by Crippen LogP contribution is -2.38. The summed E-state index contributed by atoms with van der Waals surface area (Å²) in [5.74, 6) is -1.28. The molecule has 224 valence electrons. The Kier molecular flexibility index (Phi) is 7.85. The van der Waals surface area contributed by atoms with Gasteiger partial charge < -0.3 is 4.74 Å². The van der Waals surface area contributed by atoms with E-state index in [2.05, 4.69) is 17.0 Å². The van der Waals surface area contributed by atoms with Crippen LogP contribution in [0, 0.1) is 18.6 Å². The summed E-state index contributed by atoms with van der Waals surface area (Å²) in [6.07, 6.45) is -4.31. The van der Waals surface area contributed by atoms with Crippen LogP contribution in [0.15, 0.2) is 70.5 Å². The monoisotopic (exact) mass is 612 g/mol. The van der Waals surface area contributed by atoms with Crippen molar-refractivity contribution in [1.29, 1.82) is 0 Å². The topological polar surface area (TPSA) is 34.5 Å². The van der Waals surface area contributed by atoms with Crippen LogP contribution < -0.4 is 10.3 Å². The molecule has 2 aliphatic rings. The van der Waals surface area contributed by atoms with E-state index in [0.29, 0.717) is 35.0 Å². The third kappa shape index (κ3) is 5.35. The quantitative estimate of drug-likeness (QED) is 0.212. The number of methoxy groups -OCH3 is 1. The number of pyridine rings is 1. The normalized spacial score (nSPS) is 16.7. The summed E-state index contributed by atoms with van der Waals surface area (Å²) in [7, 11) is 1.32. The first-order valence-electron chi connectivity index (χ1n) is 14.0. The van der Waals surface area contributed by atoms with Crippen molar-refractivity contribution in [3.63, 3.8) is 0 Å². The van der Waals surface area contributed by atoms with E-state index < -0.39 is 40.9 Å². The fourth-order valence-corrected chi connectivity index (χ4v) is 7.65. The first kappa shape index (κ1) is 29.4. The highest BCUT2D eigenvalue weighted by atomic mass is 32.2. The summed E-state index contributed by atoms with van der Waals surface area (Å²) >= 11 is 1.37. The molecule has 3 heterocycles. The molecule has 0 N–H and O–H groups in total. The van der Waals surface area contributed by atoms with Crippen LogP contribution in [0.25, 0.3) is 11.1 Å². The van der Waals surface area contributed by atoms with Crippen molar-refractivity contribution in [3.8, 4) is 16.9 Å². The zero-order valence-corrected chi connectivity index (χ0v) is 24.4. The van der Waals surface area contributed by atoms with Gasteiger partial charge in [-0.1, -0.05) is 42.5 Å². The molecule has 4 nitrogen and oxygen atoms in total. The summed E-state index contributed by atoms with van der Waals surface area (Å²) in [5.41, 5.74) is 1.23. The molecule has 2 aliphatic heterocycles. The molecule has 1 atom stereocenters. The van der Waals surface area contributed by atoms with Gasteiger partial charge in [-0.3, -0.25) is 14.3 Å². The molecule has 3 aromatic carbocycles. The highest BCUT2D eigenvalue weighted by Crippen LogP contribution is 2.42. The Bertz CT molecular complexity index is 1770. The SMILES string of the molecule is COc1cccc(-c2c(C)c(Cc3c(F)cccc3C(F)(F)F)c3n(c2=O)C(CN2CCc4ccccc4C2)CS3)c1F. The van der Waals surface area contributed by atoms with Crippen LogP contribution in [0.1, 0.15) is 39.4 Å². The molecule has 0 saturated heterocycles. The lowest BCUT2D eigenvalue weighted by atomic mass is 9.92. The Labute approximate surface area is 250 Å². The average Bonchev–Trinajstić information content (AvgIpc) is 3.39. The van der Waals surface area contributed by atoms with Gasteiger partial charge in [-0.15, -0.1) is 11.8 Å². The third-order valence-electron chi connectivity index (χ3n) is 8.42. The molecule has 1 unspecified atom stereocenters. The van der Waals surface area contributed by atoms with Gasteiger partial charge in [0.25, 0.3) is 5.56 Å². The average molecular weight is 613 g/mol. The standard InChI is InChI=1S/C33H29F5N2O2S/c1-19-24(15-25-26(33(36,37)38)10-6-11-27(25)34)32-40(31(41)29(19)23-9-5-12-28(42-2)30(23)35)22(18-43-32)17-39-14-13-20-7-3-4-8-21(20)16-39/h3-12,22H,13-18H2,1-2H3. The molecule has 0 saturated carbocycles. The smallest absolute Gasteiger partial charge is 0.416 e. The highest BCUT2D eigenvalue weighted by Gasteiger charge is 2.37. The second kappa shape index (κ2) is 11.5. The molecular formula is C33H29F5N2O2S. The van der Waals surface area contributed by atoms with E-state index in [9.17, 15) is 18.0 Å². The molecule has 10 heteroatoms. The number of rotatable bonds is 6. The molecule has 0 fully saturated rings. The largest absolute Gasteiger partial charge is 0.494 e. The van der Waals surface area contributed by atoms with Crippen LogP contribution in [0.5, 0.6) is 5.75 Å². The van der Waals surface area contributed by atoms with Crippen molar-refractivity contribution in [2.75, 3.05) is 26.0 Å². The first-order valence-corrected chi connectivity index (χ1v) is 14.9. The van der Waals surface area contributed by atoms with E-state index in [1.165, 1.54) is 42.1 Å². The summed E-state index contributed by atoms with van der Waals surface area (Å²) in [4.78, 5) is 16.5. The van der Waals surface area contributed by atoms with Gasteiger partial charge in [-0.05, 0) is 53.8 Å². The fourth-order valence-electron chi connectivity index (χ4n) is 6.28. The van der Waals surface area contributed by atoms with Crippen molar-refractivity contribution >= 4 is 11.8 Å². The van der Waals surface area contributed by atoms with E-state index in [4.69, 9.17) is 4.74 Å². The molecule has 0 spiro atoms.